The molecule has 18 heavy (non-hydrogen) atoms. The Morgan fingerprint density at radius 1 is 1.33 bits per heavy atom. The van der Waals surface area contributed by atoms with Gasteiger partial charge in [-0.05, 0) is 38.0 Å². The predicted octanol–water partition coefficient (Wildman–Crippen LogP) is 2.67. The smallest absolute Gasteiger partial charge is 0.384 e. The van der Waals surface area contributed by atoms with Gasteiger partial charge in [0.15, 0.2) is 0 Å². The van der Waals surface area contributed by atoms with E-state index in [1.54, 1.807) is 6.92 Å². The van der Waals surface area contributed by atoms with E-state index < -0.39 is 5.97 Å². The molecule has 0 unspecified atom stereocenters. The molecule has 0 amide bonds. The first kappa shape index (κ1) is 15.0. The van der Waals surface area contributed by atoms with Gasteiger partial charge >= 0.3 is 5.97 Å². The minimum Gasteiger partial charge on any atom is -0.456 e. The van der Waals surface area contributed by atoms with Gasteiger partial charge in [0.25, 0.3) is 0 Å². The number of carbonyl (C=O) groups excluding carboxylic acids is 1. The lowest BCUT2D eigenvalue weighted by Crippen LogP contribution is -2.28. The number of hydrogen-bond donors (Lipinski definition) is 1. The zero-order valence-corrected chi connectivity index (χ0v) is 11.3. The zero-order chi connectivity index (χ0) is 13.3. The second-order valence-corrected chi connectivity index (χ2v) is 5.09. The highest BCUT2D eigenvalue weighted by atomic mass is 16.5. The average Bonchev–Trinajstić information content (AvgIpc) is 2.40. The highest BCUT2D eigenvalue weighted by Crippen LogP contribution is 2.39. The van der Waals surface area contributed by atoms with Gasteiger partial charge in [-0.2, -0.15) is 0 Å². The van der Waals surface area contributed by atoms with E-state index in [9.17, 15) is 9.90 Å². The number of esters is 1. The molecular weight excluding hydrogens is 228 g/mol. The molecule has 0 spiro atoms. The SMILES string of the molecule is CCOC(=O)C#CCCCC1(CO)CCCCC1. The molecule has 3 heteroatoms. The average molecular weight is 252 g/mol. The maximum atomic E-state index is 11.0. The summed E-state index contributed by atoms with van der Waals surface area (Å²) in [6, 6.07) is 0. The van der Waals surface area contributed by atoms with E-state index in [0.717, 1.165) is 25.7 Å². The number of unbranched alkanes of at least 4 members (excludes halogenated alkanes) is 1. The molecule has 0 aliphatic heterocycles. The van der Waals surface area contributed by atoms with Crippen LogP contribution >= 0.6 is 0 Å². The van der Waals surface area contributed by atoms with E-state index in [2.05, 4.69) is 11.8 Å². The van der Waals surface area contributed by atoms with Crippen LogP contribution in [0.15, 0.2) is 0 Å². The van der Waals surface area contributed by atoms with Gasteiger partial charge in [0.2, 0.25) is 0 Å². The summed E-state index contributed by atoms with van der Waals surface area (Å²) < 4.78 is 4.73. The zero-order valence-electron chi connectivity index (χ0n) is 11.3. The Morgan fingerprint density at radius 3 is 2.67 bits per heavy atom. The van der Waals surface area contributed by atoms with Crippen LogP contribution in [-0.2, 0) is 9.53 Å². The van der Waals surface area contributed by atoms with Gasteiger partial charge in [-0.3, -0.25) is 0 Å². The number of aliphatic hydroxyl groups is 1. The Hall–Kier alpha value is -1.01. The third-order valence-corrected chi connectivity index (χ3v) is 3.72. The van der Waals surface area contributed by atoms with E-state index >= 15 is 0 Å². The third kappa shape index (κ3) is 5.10. The summed E-state index contributed by atoms with van der Waals surface area (Å²) in [6.07, 6.45) is 8.70. The van der Waals surface area contributed by atoms with Crippen molar-refractivity contribution in [2.75, 3.05) is 13.2 Å². The molecule has 0 atom stereocenters. The maximum Gasteiger partial charge on any atom is 0.384 e. The molecule has 1 aliphatic carbocycles. The summed E-state index contributed by atoms with van der Waals surface area (Å²) >= 11 is 0. The largest absolute Gasteiger partial charge is 0.456 e. The normalized spacial score (nSPS) is 17.7. The Bertz CT molecular complexity index is 305. The van der Waals surface area contributed by atoms with Crippen LogP contribution in [0.25, 0.3) is 0 Å². The summed E-state index contributed by atoms with van der Waals surface area (Å²) in [5.74, 6) is 4.88. The summed E-state index contributed by atoms with van der Waals surface area (Å²) in [4.78, 5) is 11.0. The second-order valence-electron chi connectivity index (χ2n) is 5.09. The fourth-order valence-corrected chi connectivity index (χ4v) is 2.64. The van der Waals surface area contributed by atoms with Crippen molar-refractivity contribution in [3.63, 3.8) is 0 Å². The number of aliphatic hydroxyl groups excluding tert-OH is 1. The molecule has 102 valence electrons. The molecule has 3 nitrogen and oxygen atoms in total. The molecule has 1 saturated carbocycles. The van der Waals surface area contributed by atoms with Gasteiger partial charge in [-0.1, -0.05) is 25.2 Å². The predicted molar refractivity (Wildman–Crippen MR) is 70.9 cm³/mol. The van der Waals surface area contributed by atoms with Crippen LogP contribution in [0.4, 0.5) is 0 Å². The molecule has 1 fully saturated rings. The number of carbonyl (C=O) groups is 1. The minimum absolute atomic E-state index is 0.129. The summed E-state index contributed by atoms with van der Waals surface area (Å²) in [5.41, 5.74) is 0.129. The summed E-state index contributed by atoms with van der Waals surface area (Å²) in [6.45, 7) is 2.44. The lowest BCUT2D eigenvalue weighted by Gasteiger charge is -2.35. The molecule has 1 aliphatic rings. The summed E-state index contributed by atoms with van der Waals surface area (Å²) in [7, 11) is 0. The minimum atomic E-state index is -0.438. The van der Waals surface area contributed by atoms with Crippen molar-refractivity contribution < 1.29 is 14.6 Å². The molecule has 0 heterocycles. The molecular formula is C15H24O3. The standard InChI is InChI=1S/C15H24O3/c1-2-18-14(17)9-5-3-6-10-15(13-16)11-7-4-8-12-15/h16H,2-4,6-8,10-13H2,1H3. The van der Waals surface area contributed by atoms with E-state index in [4.69, 9.17) is 4.74 Å². The lowest BCUT2D eigenvalue weighted by atomic mass is 9.71. The fraction of sp³-hybridized carbons (Fsp3) is 0.800. The van der Waals surface area contributed by atoms with Gasteiger partial charge in [0, 0.05) is 18.9 Å². The van der Waals surface area contributed by atoms with Crippen LogP contribution < -0.4 is 0 Å². The van der Waals surface area contributed by atoms with Crippen molar-refractivity contribution >= 4 is 5.97 Å². The quantitative estimate of drug-likeness (QED) is 0.354. The summed E-state index contributed by atoms with van der Waals surface area (Å²) in [5, 5.41) is 9.55. The van der Waals surface area contributed by atoms with E-state index in [0.29, 0.717) is 13.0 Å². The molecule has 1 N–H and O–H groups in total. The second kappa shape index (κ2) is 8.16. The number of ether oxygens (including phenoxy) is 1. The monoisotopic (exact) mass is 252 g/mol. The fourth-order valence-electron chi connectivity index (χ4n) is 2.64. The first-order chi connectivity index (χ1) is 8.72. The van der Waals surface area contributed by atoms with Gasteiger partial charge in [-0.15, -0.1) is 0 Å². The van der Waals surface area contributed by atoms with Crippen molar-refractivity contribution in [2.24, 2.45) is 5.41 Å². The van der Waals surface area contributed by atoms with Gasteiger partial charge in [0.05, 0.1) is 6.61 Å². The van der Waals surface area contributed by atoms with Gasteiger partial charge in [-0.25, -0.2) is 4.79 Å². The molecule has 0 aromatic heterocycles. The van der Waals surface area contributed by atoms with Crippen LogP contribution in [0.2, 0.25) is 0 Å². The van der Waals surface area contributed by atoms with Crippen molar-refractivity contribution in [2.45, 2.75) is 58.3 Å². The van der Waals surface area contributed by atoms with Crippen LogP contribution in [0.3, 0.4) is 0 Å². The molecule has 1 rings (SSSR count). The Balaban J connectivity index is 2.25. The van der Waals surface area contributed by atoms with Gasteiger partial charge in [0.1, 0.15) is 0 Å². The van der Waals surface area contributed by atoms with Crippen LogP contribution in [0, 0.1) is 17.3 Å². The molecule has 0 aromatic carbocycles. The van der Waals surface area contributed by atoms with Crippen molar-refractivity contribution in [1.82, 2.24) is 0 Å². The molecule has 0 aromatic rings. The highest BCUT2D eigenvalue weighted by Gasteiger charge is 2.30. The van der Waals surface area contributed by atoms with Crippen LogP contribution in [-0.4, -0.2) is 24.3 Å². The van der Waals surface area contributed by atoms with E-state index in [1.807, 2.05) is 0 Å². The highest BCUT2D eigenvalue weighted by molar-refractivity contribution is 5.88. The van der Waals surface area contributed by atoms with E-state index in [-0.39, 0.29) is 12.0 Å². The van der Waals surface area contributed by atoms with Crippen molar-refractivity contribution in [1.29, 1.82) is 0 Å². The topological polar surface area (TPSA) is 46.5 Å². The van der Waals surface area contributed by atoms with Crippen LogP contribution in [0.1, 0.15) is 58.3 Å². The first-order valence-corrected chi connectivity index (χ1v) is 6.99. The molecule has 0 radical (unpaired) electrons. The maximum absolute atomic E-state index is 11.0. The Kier molecular flexibility index (Phi) is 6.82. The third-order valence-electron chi connectivity index (χ3n) is 3.72. The number of rotatable bonds is 5. The van der Waals surface area contributed by atoms with Crippen molar-refractivity contribution in [3.8, 4) is 11.8 Å². The van der Waals surface area contributed by atoms with Gasteiger partial charge < -0.3 is 9.84 Å². The lowest BCUT2D eigenvalue weighted by molar-refractivity contribution is -0.136. The molecule has 0 saturated heterocycles. The Labute approximate surface area is 110 Å². The van der Waals surface area contributed by atoms with Crippen LogP contribution in [0.5, 0.6) is 0 Å². The number of hydrogen-bond acceptors (Lipinski definition) is 3. The first-order valence-electron chi connectivity index (χ1n) is 6.99. The van der Waals surface area contributed by atoms with Crippen molar-refractivity contribution in [3.05, 3.63) is 0 Å². The molecule has 0 bridgehead atoms. The van der Waals surface area contributed by atoms with E-state index in [1.165, 1.54) is 19.3 Å². The Morgan fingerprint density at radius 2 is 2.06 bits per heavy atom.